The molecule has 0 aliphatic carbocycles. The largest absolute Gasteiger partial charge is 0.451 e. The van der Waals surface area contributed by atoms with Crippen molar-refractivity contribution in [2.75, 3.05) is 6.54 Å². The third kappa shape index (κ3) is 3.92. The van der Waals surface area contributed by atoms with Gasteiger partial charge in [-0.2, -0.15) is 0 Å². The molecule has 2 aromatic carbocycles. The number of para-hydroxylation sites is 1. The summed E-state index contributed by atoms with van der Waals surface area (Å²) >= 11 is 0. The maximum Gasteiger partial charge on any atom is 0.287 e. The number of carbonyl (C=O) groups is 1. The van der Waals surface area contributed by atoms with Gasteiger partial charge >= 0.3 is 0 Å². The first-order valence-electron chi connectivity index (χ1n) is 7.81. The van der Waals surface area contributed by atoms with Crippen LogP contribution in [0.1, 0.15) is 16.1 Å². The summed E-state index contributed by atoms with van der Waals surface area (Å²) in [6.45, 7) is 0.477. The van der Waals surface area contributed by atoms with Crippen LogP contribution in [-0.4, -0.2) is 17.4 Å². The summed E-state index contributed by atoms with van der Waals surface area (Å²) < 4.78 is 5.51. The van der Waals surface area contributed by atoms with Gasteiger partial charge in [-0.05, 0) is 30.2 Å². The highest BCUT2D eigenvalue weighted by molar-refractivity contribution is 5.92. The molecule has 25 heavy (non-hydrogen) atoms. The van der Waals surface area contributed by atoms with Crippen LogP contribution in [-0.2, 0) is 6.42 Å². The van der Waals surface area contributed by atoms with Gasteiger partial charge in [0, 0.05) is 12.6 Å². The van der Waals surface area contributed by atoms with Crippen molar-refractivity contribution in [1.29, 1.82) is 0 Å². The zero-order chi connectivity index (χ0) is 17.6. The van der Waals surface area contributed by atoms with Gasteiger partial charge in [-0.25, -0.2) is 0 Å². The molecule has 0 unspecified atom stereocenters. The molecule has 0 saturated heterocycles. The molecule has 0 spiro atoms. The van der Waals surface area contributed by atoms with Gasteiger partial charge in [0.1, 0.15) is 5.76 Å². The molecule has 1 N–H and O–H groups in total. The van der Waals surface area contributed by atoms with Crippen LogP contribution < -0.4 is 5.32 Å². The maximum atomic E-state index is 12.2. The van der Waals surface area contributed by atoms with E-state index in [9.17, 15) is 14.9 Å². The van der Waals surface area contributed by atoms with Gasteiger partial charge in [0.05, 0.1) is 10.5 Å². The lowest BCUT2D eigenvalue weighted by atomic mass is 10.1. The van der Waals surface area contributed by atoms with Gasteiger partial charge in [-0.3, -0.25) is 14.9 Å². The molecule has 3 aromatic rings. The molecule has 0 aliphatic rings. The van der Waals surface area contributed by atoms with Gasteiger partial charge in [0.25, 0.3) is 11.6 Å². The highest BCUT2D eigenvalue weighted by Gasteiger charge is 2.19. The maximum absolute atomic E-state index is 12.2. The number of hydrogen-bond acceptors (Lipinski definition) is 4. The van der Waals surface area contributed by atoms with Crippen molar-refractivity contribution in [3.8, 4) is 11.3 Å². The van der Waals surface area contributed by atoms with Crippen LogP contribution in [0.15, 0.2) is 71.1 Å². The number of nitro benzene ring substituents is 1. The molecule has 0 bridgehead atoms. The van der Waals surface area contributed by atoms with Gasteiger partial charge < -0.3 is 9.73 Å². The second kappa shape index (κ2) is 7.44. The summed E-state index contributed by atoms with van der Waals surface area (Å²) in [4.78, 5) is 22.8. The lowest BCUT2D eigenvalue weighted by Gasteiger charge is -2.03. The molecule has 6 heteroatoms. The first-order chi connectivity index (χ1) is 12.1. The second-order valence-corrected chi connectivity index (χ2v) is 5.43. The Hall–Kier alpha value is -3.41. The Morgan fingerprint density at radius 1 is 1.00 bits per heavy atom. The zero-order valence-electron chi connectivity index (χ0n) is 13.3. The molecule has 1 aromatic heterocycles. The Morgan fingerprint density at radius 2 is 1.72 bits per heavy atom. The van der Waals surface area contributed by atoms with Crippen LogP contribution in [0.4, 0.5) is 5.69 Å². The van der Waals surface area contributed by atoms with Crippen LogP contribution in [0.2, 0.25) is 0 Å². The molecule has 0 aliphatic heterocycles. The highest BCUT2D eigenvalue weighted by atomic mass is 16.6. The van der Waals surface area contributed by atoms with E-state index >= 15 is 0 Å². The Morgan fingerprint density at radius 3 is 2.48 bits per heavy atom. The van der Waals surface area contributed by atoms with Crippen molar-refractivity contribution >= 4 is 11.6 Å². The molecule has 3 rings (SSSR count). The predicted octanol–water partition coefficient (Wildman–Crippen LogP) is 3.83. The van der Waals surface area contributed by atoms with Crippen LogP contribution >= 0.6 is 0 Å². The van der Waals surface area contributed by atoms with E-state index in [1.54, 1.807) is 24.3 Å². The number of nitrogens with one attached hydrogen (secondary N) is 1. The topological polar surface area (TPSA) is 85.4 Å². The van der Waals surface area contributed by atoms with Crippen LogP contribution in [0, 0.1) is 10.1 Å². The third-order valence-corrected chi connectivity index (χ3v) is 3.74. The number of benzene rings is 2. The first-order valence-corrected chi connectivity index (χ1v) is 7.81. The lowest BCUT2D eigenvalue weighted by molar-refractivity contribution is -0.384. The summed E-state index contributed by atoms with van der Waals surface area (Å²) in [6, 6.07) is 19.2. The van der Waals surface area contributed by atoms with E-state index in [1.807, 2.05) is 30.3 Å². The molecule has 1 heterocycles. The van der Waals surface area contributed by atoms with Crippen molar-refractivity contribution in [2.24, 2.45) is 0 Å². The van der Waals surface area contributed by atoms with E-state index in [1.165, 1.54) is 12.1 Å². The third-order valence-electron chi connectivity index (χ3n) is 3.74. The smallest absolute Gasteiger partial charge is 0.287 e. The fraction of sp³-hybridized carbons (Fsp3) is 0.105. The zero-order valence-corrected chi connectivity index (χ0v) is 13.3. The predicted molar refractivity (Wildman–Crippen MR) is 93.3 cm³/mol. The summed E-state index contributed by atoms with van der Waals surface area (Å²) in [5, 5.41) is 13.9. The van der Waals surface area contributed by atoms with Crippen molar-refractivity contribution in [3.05, 3.63) is 88.2 Å². The minimum atomic E-state index is -0.475. The molecule has 0 atom stereocenters. The standard InChI is InChI=1S/C19H16N2O4/c22-19(20-13-12-14-6-2-1-3-7-14)18-11-10-17(25-18)15-8-4-5-9-16(15)21(23)24/h1-11H,12-13H2,(H,20,22). The SMILES string of the molecule is O=C(NCCc1ccccc1)c1ccc(-c2ccccc2[N+](=O)[O-])o1. The molecule has 0 saturated carbocycles. The summed E-state index contributed by atoms with van der Waals surface area (Å²) in [5.74, 6) is 0.0717. The minimum Gasteiger partial charge on any atom is -0.451 e. The van der Waals surface area contributed by atoms with E-state index in [4.69, 9.17) is 4.42 Å². The van der Waals surface area contributed by atoms with E-state index in [0.29, 0.717) is 24.3 Å². The van der Waals surface area contributed by atoms with E-state index in [2.05, 4.69) is 5.32 Å². The van der Waals surface area contributed by atoms with Crippen LogP contribution in [0.25, 0.3) is 11.3 Å². The molecular weight excluding hydrogens is 320 g/mol. The van der Waals surface area contributed by atoms with Gasteiger partial charge in [-0.15, -0.1) is 0 Å². The number of hydrogen-bond donors (Lipinski definition) is 1. The number of nitrogens with zero attached hydrogens (tertiary/aromatic N) is 1. The molecule has 0 radical (unpaired) electrons. The molecular formula is C19H16N2O4. The number of furan rings is 1. The monoisotopic (exact) mass is 336 g/mol. The quantitative estimate of drug-likeness (QED) is 0.547. The Balaban J connectivity index is 1.67. The van der Waals surface area contributed by atoms with Crippen LogP contribution in [0.5, 0.6) is 0 Å². The lowest BCUT2D eigenvalue weighted by Crippen LogP contribution is -2.25. The fourth-order valence-corrected chi connectivity index (χ4v) is 2.50. The summed E-state index contributed by atoms with van der Waals surface area (Å²) in [7, 11) is 0. The molecule has 126 valence electrons. The highest BCUT2D eigenvalue weighted by Crippen LogP contribution is 2.30. The van der Waals surface area contributed by atoms with E-state index in [0.717, 1.165) is 5.56 Å². The van der Waals surface area contributed by atoms with Crippen molar-refractivity contribution in [3.63, 3.8) is 0 Å². The average Bonchev–Trinajstić information content (AvgIpc) is 3.12. The Labute approximate surface area is 144 Å². The van der Waals surface area contributed by atoms with Crippen LogP contribution in [0.3, 0.4) is 0 Å². The second-order valence-electron chi connectivity index (χ2n) is 5.43. The number of carbonyl (C=O) groups excluding carboxylic acids is 1. The van der Waals surface area contributed by atoms with Crippen molar-refractivity contribution < 1.29 is 14.1 Å². The average molecular weight is 336 g/mol. The molecule has 1 amide bonds. The van der Waals surface area contributed by atoms with E-state index < -0.39 is 4.92 Å². The van der Waals surface area contributed by atoms with Crippen molar-refractivity contribution in [2.45, 2.75) is 6.42 Å². The Kier molecular flexibility index (Phi) is 4.89. The van der Waals surface area contributed by atoms with Gasteiger partial charge in [-0.1, -0.05) is 42.5 Å². The van der Waals surface area contributed by atoms with Gasteiger partial charge in [0.15, 0.2) is 5.76 Å². The summed E-state index contributed by atoms with van der Waals surface area (Å²) in [6.07, 6.45) is 0.713. The van der Waals surface area contributed by atoms with E-state index in [-0.39, 0.29) is 17.4 Å². The normalized spacial score (nSPS) is 10.4. The molecule has 6 nitrogen and oxygen atoms in total. The number of rotatable bonds is 6. The number of nitro groups is 1. The summed E-state index contributed by atoms with van der Waals surface area (Å²) in [5.41, 5.74) is 1.41. The fourth-order valence-electron chi connectivity index (χ4n) is 2.50. The number of amides is 1. The minimum absolute atomic E-state index is 0.0621. The Bertz CT molecular complexity index is 887. The van der Waals surface area contributed by atoms with Gasteiger partial charge in [0.2, 0.25) is 0 Å². The first kappa shape index (κ1) is 16.4. The molecule has 0 fully saturated rings. The van der Waals surface area contributed by atoms with Crippen molar-refractivity contribution in [1.82, 2.24) is 5.32 Å².